The van der Waals surface area contributed by atoms with Crippen molar-refractivity contribution in [2.24, 2.45) is 0 Å². The maximum absolute atomic E-state index is 12.9. The zero-order valence-corrected chi connectivity index (χ0v) is 14.3. The molecule has 1 nitrogen and oxygen atoms in total. The van der Waals surface area contributed by atoms with Gasteiger partial charge < -0.3 is 0 Å². The summed E-state index contributed by atoms with van der Waals surface area (Å²) >= 11 is 12.8. The summed E-state index contributed by atoms with van der Waals surface area (Å²) < 4.78 is 0. The summed E-state index contributed by atoms with van der Waals surface area (Å²) in [5.41, 5.74) is 4.33. The minimum atomic E-state index is -0.0441. The number of carbonyl (C=O) groups excluding carboxylic acids is 1. The number of fused-ring (bicyclic) bond motifs is 2. The molecule has 0 saturated carbocycles. The first-order valence-corrected chi connectivity index (χ1v) is 8.58. The van der Waals surface area contributed by atoms with E-state index in [0.29, 0.717) is 21.2 Å². The molecule has 3 heteroatoms. The predicted molar refractivity (Wildman–Crippen MR) is 98.3 cm³/mol. The number of halogens is 2. The van der Waals surface area contributed by atoms with E-state index in [4.69, 9.17) is 23.2 Å². The second-order valence-electron chi connectivity index (χ2n) is 5.98. The number of hydrogen-bond acceptors (Lipinski definition) is 1. The Bertz CT molecular complexity index is 932. The predicted octanol–water partition coefficient (Wildman–Crippen LogP) is 5.91. The molecule has 0 fully saturated rings. The lowest BCUT2D eigenvalue weighted by atomic mass is 9.75. The third-order valence-corrected chi connectivity index (χ3v) is 5.22. The molecule has 1 unspecified atom stereocenters. The van der Waals surface area contributed by atoms with Crippen LogP contribution >= 0.6 is 23.2 Å². The molecule has 1 atom stereocenters. The van der Waals surface area contributed by atoms with Crippen LogP contribution in [-0.2, 0) is 6.42 Å². The molecule has 0 heterocycles. The van der Waals surface area contributed by atoms with Crippen molar-refractivity contribution in [3.05, 3.63) is 105 Å². The van der Waals surface area contributed by atoms with Crippen molar-refractivity contribution < 1.29 is 4.79 Å². The van der Waals surface area contributed by atoms with Crippen molar-refractivity contribution in [1.29, 1.82) is 0 Å². The highest BCUT2D eigenvalue weighted by molar-refractivity contribution is 6.36. The van der Waals surface area contributed by atoms with Crippen LogP contribution in [0.5, 0.6) is 0 Å². The Kier molecular flexibility index (Phi) is 3.91. The number of rotatable bonds is 2. The summed E-state index contributed by atoms with van der Waals surface area (Å²) in [6.07, 6.45) is 0.776. The molecular formula is C21H14Cl2O. The molecule has 1 aliphatic rings. The fraction of sp³-hybridized carbons (Fsp3) is 0.0952. The molecule has 0 spiro atoms. The lowest BCUT2D eigenvalue weighted by molar-refractivity contribution is 0.103. The smallest absolute Gasteiger partial charge is 0.195 e. The Hall–Kier alpha value is -2.09. The van der Waals surface area contributed by atoms with Gasteiger partial charge in [-0.15, -0.1) is 0 Å². The average Bonchev–Trinajstić information content (AvgIpc) is 2.59. The van der Waals surface area contributed by atoms with Crippen molar-refractivity contribution in [2.75, 3.05) is 0 Å². The number of hydrogen-bond donors (Lipinski definition) is 0. The van der Waals surface area contributed by atoms with Gasteiger partial charge in [0.25, 0.3) is 0 Å². The molecule has 4 rings (SSSR count). The van der Waals surface area contributed by atoms with Crippen LogP contribution < -0.4 is 0 Å². The van der Waals surface area contributed by atoms with Gasteiger partial charge in [0.1, 0.15) is 0 Å². The van der Waals surface area contributed by atoms with Gasteiger partial charge >= 0.3 is 0 Å². The SMILES string of the molecule is O=C1c2cccc(Cl)c2C(Cc2ccccc2)c2cccc(Cl)c21. The van der Waals surface area contributed by atoms with Crippen LogP contribution in [0.2, 0.25) is 10.0 Å². The summed E-state index contributed by atoms with van der Waals surface area (Å²) in [6, 6.07) is 21.4. The molecule has 0 bridgehead atoms. The van der Waals surface area contributed by atoms with E-state index in [1.54, 1.807) is 6.07 Å². The maximum atomic E-state index is 12.9. The number of benzene rings is 3. The molecule has 0 radical (unpaired) electrons. The van der Waals surface area contributed by atoms with E-state index in [1.165, 1.54) is 5.56 Å². The third kappa shape index (κ3) is 2.45. The Morgan fingerprint density at radius 1 is 0.792 bits per heavy atom. The Morgan fingerprint density at radius 2 is 1.50 bits per heavy atom. The van der Waals surface area contributed by atoms with E-state index in [1.807, 2.05) is 48.5 Å². The van der Waals surface area contributed by atoms with Crippen LogP contribution in [0.4, 0.5) is 0 Å². The summed E-state index contributed by atoms with van der Waals surface area (Å²) in [4.78, 5) is 12.9. The molecule has 0 amide bonds. The molecule has 1 aliphatic carbocycles. The van der Waals surface area contributed by atoms with Crippen molar-refractivity contribution in [1.82, 2.24) is 0 Å². The molecule has 0 saturated heterocycles. The van der Waals surface area contributed by atoms with Gasteiger partial charge in [-0.25, -0.2) is 0 Å². The van der Waals surface area contributed by atoms with Crippen molar-refractivity contribution in [3.63, 3.8) is 0 Å². The molecular weight excluding hydrogens is 339 g/mol. The van der Waals surface area contributed by atoms with E-state index in [9.17, 15) is 4.79 Å². The highest BCUT2D eigenvalue weighted by atomic mass is 35.5. The van der Waals surface area contributed by atoms with Gasteiger partial charge in [-0.3, -0.25) is 4.79 Å². The van der Waals surface area contributed by atoms with Crippen LogP contribution in [0.15, 0.2) is 66.7 Å². The highest BCUT2D eigenvalue weighted by Crippen LogP contribution is 2.43. The molecule has 3 aromatic rings. The molecule has 3 aromatic carbocycles. The van der Waals surface area contributed by atoms with Gasteiger partial charge in [-0.05, 0) is 35.2 Å². The second kappa shape index (κ2) is 6.08. The first-order chi connectivity index (χ1) is 11.7. The van der Waals surface area contributed by atoms with E-state index < -0.39 is 0 Å². The highest BCUT2D eigenvalue weighted by Gasteiger charge is 2.33. The third-order valence-electron chi connectivity index (χ3n) is 4.58. The van der Waals surface area contributed by atoms with Gasteiger partial charge in [-0.2, -0.15) is 0 Å². The monoisotopic (exact) mass is 352 g/mol. The fourth-order valence-electron chi connectivity index (χ4n) is 3.51. The fourth-order valence-corrected chi connectivity index (χ4v) is 4.09. The van der Waals surface area contributed by atoms with Crippen LogP contribution in [0, 0.1) is 0 Å². The second-order valence-corrected chi connectivity index (χ2v) is 6.79. The summed E-state index contributed by atoms with van der Waals surface area (Å²) in [6.45, 7) is 0. The molecule has 0 N–H and O–H groups in total. The molecule has 118 valence electrons. The van der Waals surface area contributed by atoms with Crippen LogP contribution in [0.25, 0.3) is 0 Å². The van der Waals surface area contributed by atoms with E-state index in [0.717, 1.165) is 17.5 Å². The lowest BCUT2D eigenvalue weighted by Gasteiger charge is -2.29. The summed E-state index contributed by atoms with van der Waals surface area (Å²) in [5.74, 6) is -0.0279. The van der Waals surface area contributed by atoms with Gasteiger partial charge in [0.15, 0.2) is 5.78 Å². The van der Waals surface area contributed by atoms with Crippen molar-refractivity contribution in [3.8, 4) is 0 Å². The van der Waals surface area contributed by atoms with Crippen LogP contribution in [0.1, 0.15) is 38.5 Å². The molecule has 0 aromatic heterocycles. The van der Waals surface area contributed by atoms with E-state index >= 15 is 0 Å². The number of ketones is 1. The Morgan fingerprint density at radius 3 is 2.29 bits per heavy atom. The van der Waals surface area contributed by atoms with Crippen LogP contribution in [-0.4, -0.2) is 5.78 Å². The molecule has 0 aliphatic heterocycles. The Balaban J connectivity index is 1.95. The molecule has 24 heavy (non-hydrogen) atoms. The largest absolute Gasteiger partial charge is 0.289 e. The van der Waals surface area contributed by atoms with Gasteiger partial charge in [0.05, 0.1) is 5.02 Å². The lowest BCUT2D eigenvalue weighted by Crippen LogP contribution is -2.22. The zero-order chi connectivity index (χ0) is 16.7. The van der Waals surface area contributed by atoms with Crippen molar-refractivity contribution >= 4 is 29.0 Å². The number of carbonyl (C=O) groups is 1. The van der Waals surface area contributed by atoms with Gasteiger partial charge in [-0.1, -0.05) is 77.8 Å². The Labute approximate surface area is 150 Å². The zero-order valence-electron chi connectivity index (χ0n) is 12.8. The van der Waals surface area contributed by atoms with E-state index in [-0.39, 0.29) is 11.7 Å². The van der Waals surface area contributed by atoms with Crippen LogP contribution in [0.3, 0.4) is 0 Å². The first-order valence-electron chi connectivity index (χ1n) is 7.82. The van der Waals surface area contributed by atoms with Crippen molar-refractivity contribution in [2.45, 2.75) is 12.3 Å². The average molecular weight is 353 g/mol. The van der Waals surface area contributed by atoms with Gasteiger partial charge in [0, 0.05) is 22.1 Å². The first kappa shape index (κ1) is 15.4. The summed E-state index contributed by atoms with van der Waals surface area (Å²) in [5, 5.41) is 1.13. The minimum absolute atomic E-state index is 0.0162. The topological polar surface area (TPSA) is 17.1 Å². The van der Waals surface area contributed by atoms with Gasteiger partial charge in [0.2, 0.25) is 0 Å². The minimum Gasteiger partial charge on any atom is -0.289 e. The summed E-state index contributed by atoms with van der Waals surface area (Å²) in [7, 11) is 0. The maximum Gasteiger partial charge on any atom is 0.195 e. The van der Waals surface area contributed by atoms with E-state index in [2.05, 4.69) is 12.1 Å². The standard InChI is InChI=1S/C21H14Cl2O/c22-17-10-5-9-15-19(17)16(12-13-6-2-1-3-7-13)14-8-4-11-18(23)20(14)21(15)24/h1-11,16H,12H2. The normalized spacial score (nSPS) is 15.8. The quantitative estimate of drug-likeness (QED) is 0.560.